The summed E-state index contributed by atoms with van der Waals surface area (Å²) in [4.78, 5) is 36.3. The van der Waals surface area contributed by atoms with Crippen molar-refractivity contribution in [2.24, 2.45) is 5.41 Å². The van der Waals surface area contributed by atoms with E-state index in [-0.39, 0.29) is 11.7 Å². The average Bonchev–Trinajstić information content (AvgIpc) is 2.62. The van der Waals surface area contributed by atoms with Crippen molar-refractivity contribution in [3.05, 3.63) is 64.7 Å². The normalized spacial score (nSPS) is 11.0. The minimum Gasteiger partial charge on any atom is -0.355 e. The number of nitrogens with one attached hydrogen (secondary N) is 2. The van der Waals surface area contributed by atoms with Gasteiger partial charge in [0.15, 0.2) is 5.78 Å². The highest BCUT2D eigenvalue weighted by Gasteiger charge is 2.35. The molecular weight excluding hydrogens is 364 g/mol. The lowest BCUT2D eigenvalue weighted by Crippen LogP contribution is -2.45. The van der Waals surface area contributed by atoms with Gasteiger partial charge in [-0.05, 0) is 69.2 Å². The predicted octanol–water partition coefficient (Wildman–Crippen LogP) is 3.87. The number of halogens is 1. The van der Waals surface area contributed by atoms with Crippen LogP contribution in [0.5, 0.6) is 0 Å². The van der Waals surface area contributed by atoms with Crippen molar-refractivity contribution in [1.82, 2.24) is 5.32 Å². The van der Waals surface area contributed by atoms with Gasteiger partial charge < -0.3 is 10.6 Å². The summed E-state index contributed by atoms with van der Waals surface area (Å²) in [6.45, 7) is 5.02. The molecule has 0 fully saturated rings. The van der Waals surface area contributed by atoms with Gasteiger partial charge in [0.05, 0.1) is 0 Å². The van der Waals surface area contributed by atoms with Crippen LogP contribution in [0.1, 0.15) is 36.7 Å². The van der Waals surface area contributed by atoms with E-state index in [1.165, 1.54) is 6.92 Å². The monoisotopic (exact) mass is 386 g/mol. The Morgan fingerprint density at radius 1 is 1.00 bits per heavy atom. The van der Waals surface area contributed by atoms with E-state index in [1.807, 2.05) is 18.2 Å². The van der Waals surface area contributed by atoms with E-state index in [1.54, 1.807) is 44.2 Å². The van der Waals surface area contributed by atoms with Gasteiger partial charge in [0.25, 0.3) is 0 Å². The molecule has 0 aliphatic rings. The van der Waals surface area contributed by atoms with Crippen molar-refractivity contribution in [3.63, 3.8) is 0 Å². The molecule has 2 amide bonds. The third-order valence-electron chi connectivity index (χ3n) is 4.27. The first-order chi connectivity index (χ1) is 12.7. The van der Waals surface area contributed by atoms with Crippen molar-refractivity contribution >= 4 is 34.9 Å². The first-order valence-electron chi connectivity index (χ1n) is 8.65. The van der Waals surface area contributed by atoms with Gasteiger partial charge in [-0.15, -0.1) is 0 Å². The molecule has 5 nitrogen and oxygen atoms in total. The fourth-order valence-corrected chi connectivity index (χ4v) is 2.63. The molecule has 0 saturated carbocycles. The summed E-state index contributed by atoms with van der Waals surface area (Å²) in [7, 11) is 0. The van der Waals surface area contributed by atoms with E-state index in [2.05, 4.69) is 10.6 Å². The summed E-state index contributed by atoms with van der Waals surface area (Å²) in [5.41, 5.74) is 0.861. The Morgan fingerprint density at radius 3 is 2.26 bits per heavy atom. The molecule has 27 heavy (non-hydrogen) atoms. The Hall–Kier alpha value is -2.66. The van der Waals surface area contributed by atoms with Crippen LogP contribution in [-0.2, 0) is 16.0 Å². The van der Waals surface area contributed by atoms with Crippen LogP contribution < -0.4 is 10.6 Å². The SMILES string of the molecule is CC(=O)c1ccc(NC(=O)C(C)(C)C(=O)NCCc2cccc(Cl)c2)cc1. The molecule has 2 rings (SSSR count). The quantitative estimate of drug-likeness (QED) is 0.560. The van der Waals surface area contributed by atoms with E-state index in [9.17, 15) is 14.4 Å². The molecule has 0 aromatic heterocycles. The maximum atomic E-state index is 12.5. The zero-order chi connectivity index (χ0) is 20.0. The molecule has 2 aromatic carbocycles. The van der Waals surface area contributed by atoms with Gasteiger partial charge in [-0.25, -0.2) is 0 Å². The number of benzene rings is 2. The topological polar surface area (TPSA) is 75.3 Å². The second-order valence-corrected chi connectivity index (χ2v) is 7.28. The molecule has 0 aliphatic carbocycles. The van der Waals surface area contributed by atoms with Gasteiger partial charge in [0.2, 0.25) is 11.8 Å². The molecule has 0 heterocycles. The summed E-state index contributed by atoms with van der Waals surface area (Å²) < 4.78 is 0. The molecule has 0 atom stereocenters. The third kappa shape index (κ3) is 5.66. The maximum absolute atomic E-state index is 12.5. The number of carbonyl (C=O) groups is 3. The summed E-state index contributed by atoms with van der Waals surface area (Å²) >= 11 is 5.95. The molecule has 2 N–H and O–H groups in total. The van der Waals surface area contributed by atoms with Gasteiger partial charge in [0.1, 0.15) is 5.41 Å². The van der Waals surface area contributed by atoms with Crippen molar-refractivity contribution in [2.45, 2.75) is 27.2 Å². The standard InChI is InChI=1S/C21H23ClN2O3/c1-14(25)16-7-9-18(10-8-16)24-20(27)21(2,3)19(26)23-12-11-15-5-4-6-17(22)13-15/h4-10,13H,11-12H2,1-3H3,(H,23,26)(H,24,27). The van der Waals surface area contributed by atoms with Crippen LogP contribution in [0.4, 0.5) is 5.69 Å². The fraction of sp³-hybridized carbons (Fsp3) is 0.286. The Balaban J connectivity index is 1.91. The van der Waals surface area contributed by atoms with Gasteiger partial charge in [0, 0.05) is 22.8 Å². The maximum Gasteiger partial charge on any atom is 0.239 e. The number of amides is 2. The zero-order valence-corrected chi connectivity index (χ0v) is 16.4. The Labute approximate surface area is 164 Å². The van der Waals surface area contributed by atoms with Crippen LogP contribution in [-0.4, -0.2) is 24.1 Å². The van der Waals surface area contributed by atoms with Crippen LogP contribution in [0.25, 0.3) is 0 Å². The average molecular weight is 387 g/mol. The highest BCUT2D eigenvalue weighted by molar-refractivity contribution is 6.30. The highest BCUT2D eigenvalue weighted by Crippen LogP contribution is 2.20. The van der Waals surface area contributed by atoms with Crippen molar-refractivity contribution in [2.75, 3.05) is 11.9 Å². The molecule has 0 unspecified atom stereocenters. The van der Waals surface area contributed by atoms with Crippen LogP contribution in [0.3, 0.4) is 0 Å². The van der Waals surface area contributed by atoms with Crippen LogP contribution in [0.2, 0.25) is 5.02 Å². The molecule has 0 radical (unpaired) electrons. The molecule has 0 saturated heterocycles. The lowest BCUT2D eigenvalue weighted by Gasteiger charge is -2.22. The minimum absolute atomic E-state index is 0.0488. The summed E-state index contributed by atoms with van der Waals surface area (Å²) in [6, 6.07) is 14.0. The first-order valence-corrected chi connectivity index (χ1v) is 9.03. The van der Waals surface area contributed by atoms with E-state index >= 15 is 0 Å². The number of anilines is 1. The summed E-state index contributed by atoms with van der Waals surface area (Å²) in [5.74, 6) is -0.826. The number of ketones is 1. The van der Waals surface area contributed by atoms with E-state index < -0.39 is 11.3 Å². The smallest absolute Gasteiger partial charge is 0.239 e. The van der Waals surface area contributed by atoms with E-state index in [0.717, 1.165) is 5.56 Å². The molecule has 0 aliphatic heterocycles. The Bertz CT molecular complexity index is 845. The molecule has 142 valence electrons. The predicted molar refractivity (Wildman–Crippen MR) is 107 cm³/mol. The molecule has 0 spiro atoms. The van der Waals surface area contributed by atoms with Crippen molar-refractivity contribution in [3.8, 4) is 0 Å². The van der Waals surface area contributed by atoms with Gasteiger partial charge >= 0.3 is 0 Å². The fourth-order valence-electron chi connectivity index (χ4n) is 2.41. The number of rotatable bonds is 7. The van der Waals surface area contributed by atoms with Gasteiger partial charge in [-0.1, -0.05) is 23.7 Å². The van der Waals surface area contributed by atoms with Gasteiger partial charge in [-0.3, -0.25) is 14.4 Å². The minimum atomic E-state index is -1.24. The largest absolute Gasteiger partial charge is 0.355 e. The number of carbonyl (C=O) groups excluding carboxylic acids is 3. The summed E-state index contributed by atoms with van der Waals surface area (Å²) in [6.07, 6.45) is 0.622. The highest BCUT2D eigenvalue weighted by atomic mass is 35.5. The third-order valence-corrected chi connectivity index (χ3v) is 4.51. The molecular formula is C21H23ClN2O3. The number of hydrogen-bond donors (Lipinski definition) is 2. The Morgan fingerprint density at radius 2 is 1.67 bits per heavy atom. The van der Waals surface area contributed by atoms with Crippen molar-refractivity contribution < 1.29 is 14.4 Å². The van der Waals surface area contributed by atoms with Crippen LogP contribution >= 0.6 is 11.6 Å². The second-order valence-electron chi connectivity index (χ2n) is 6.85. The van der Waals surface area contributed by atoms with E-state index in [4.69, 9.17) is 11.6 Å². The number of Topliss-reactive ketones (excluding diaryl/α,β-unsaturated/α-hetero) is 1. The van der Waals surface area contributed by atoms with Crippen molar-refractivity contribution in [1.29, 1.82) is 0 Å². The molecule has 6 heteroatoms. The van der Waals surface area contributed by atoms with Crippen LogP contribution in [0, 0.1) is 5.41 Å². The zero-order valence-electron chi connectivity index (χ0n) is 15.6. The molecule has 0 bridgehead atoms. The lowest BCUT2D eigenvalue weighted by molar-refractivity contribution is -0.138. The van der Waals surface area contributed by atoms with Gasteiger partial charge in [-0.2, -0.15) is 0 Å². The Kier molecular flexibility index (Phi) is 6.75. The first kappa shape index (κ1) is 20.6. The summed E-state index contributed by atoms with van der Waals surface area (Å²) in [5, 5.41) is 6.16. The van der Waals surface area contributed by atoms with Crippen LogP contribution in [0.15, 0.2) is 48.5 Å². The van der Waals surface area contributed by atoms with E-state index in [0.29, 0.717) is 29.2 Å². The number of hydrogen-bond acceptors (Lipinski definition) is 3. The lowest BCUT2D eigenvalue weighted by atomic mass is 9.90. The second kappa shape index (κ2) is 8.82. The molecule has 2 aromatic rings.